The molecule has 1 saturated carbocycles. The van der Waals surface area contributed by atoms with Crippen LogP contribution in [-0.2, 0) is 36.9 Å². The summed E-state index contributed by atoms with van der Waals surface area (Å²) in [6.07, 6.45) is 0.161. The van der Waals surface area contributed by atoms with Crippen LogP contribution >= 0.6 is 0 Å². The van der Waals surface area contributed by atoms with E-state index in [-0.39, 0.29) is 18.0 Å². The topological polar surface area (TPSA) is 26.8 Å². The van der Waals surface area contributed by atoms with E-state index in [1.807, 2.05) is 19.0 Å². The molecule has 4 nitrogen and oxygen atoms in total. The Kier molecular flexibility index (Phi) is 8.17. The number of carbonyl (C=O) groups is 1. The van der Waals surface area contributed by atoms with Gasteiger partial charge in [0.1, 0.15) is 0 Å². The maximum absolute atomic E-state index is 13.5. The van der Waals surface area contributed by atoms with Gasteiger partial charge in [-0.15, -0.1) is 0 Å². The minimum atomic E-state index is -4.44. The largest absolute Gasteiger partial charge is 0.416 e. The van der Waals surface area contributed by atoms with E-state index in [9.17, 15) is 18.0 Å². The molecule has 2 aromatic carbocycles. The van der Waals surface area contributed by atoms with Crippen LogP contribution in [0.25, 0.3) is 0 Å². The SMILES string of the molecule is CN(C)CCN(Cc1ccccc1C(F)(F)F)C(=O)CCc1cccc2c1CN(CC1CC1)CC2. The molecule has 35 heavy (non-hydrogen) atoms. The van der Waals surface area contributed by atoms with Gasteiger partial charge in [-0.1, -0.05) is 36.4 Å². The zero-order chi connectivity index (χ0) is 25.0. The molecule has 0 N–H and O–H groups in total. The molecule has 0 bridgehead atoms. The minimum absolute atomic E-state index is 0.0373. The number of hydrogen-bond donors (Lipinski definition) is 0. The molecular formula is C28H36F3N3O. The molecular weight excluding hydrogens is 451 g/mol. The minimum Gasteiger partial charge on any atom is -0.337 e. The first-order valence-electron chi connectivity index (χ1n) is 12.6. The fourth-order valence-electron chi connectivity index (χ4n) is 4.91. The summed E-state index contributed by atoms with van der Waals surface area (Å²) in [5, 5.41) is 0. The average molecular weight is 488 g/mol. The number of hydrogen-bond acceptors (Lipinski definition) is 3. The number of likely N-dealkylation sites (N-methyl/N-ethyl adjacent to an activating group) is 1. The molecule has 7 heteroatoms. The van der Waals surface area contributed by atoms with Gasteiger partial charge in [0.05, 0.1) is 5.56 Å². The van der Waals surface area contributed by atoms with Crippen molar-refractivity contribution in [2.75, 3.05) is 40.3 Å². The summed E-state index contributed by atoms with van der Waals surface area (Å²) < 4.78 is 40.6. The van der Waals surface area contributed by atoms with Crippen LogP contribution in [0.2, 0.25) is 0 Å². The number of amides is 1. The van der Waals surface area contributed by atoms with Crippen LogP contribution in [-0.4, -0.2) is 60.9 Å². The van der Waals surface area contributed by atoms with E-state index in [0.717, 1.165) is 38.0 Å². The van der Waals surface area contributed by atoms with Crippen LogP contribution in [0.1, 0.15) is 47.1 Å². The molecule has 0 atom stereocenters. The third-order valence-electron chi connectivity index (χ3n) is 7.12. The van der Waals surface area contributed by atoms with Crippen LogP contribution in [0.5, 0.6) is 0 Å². The fourth-order valence-corrected chi connectivity index (χ4v) is 4.91. The van der Waals surface area contributed by atoms with Crippen molar-refractivity contribution in [3.05, 3.63) is 70.3 Å². The van der Waals surface area contributed by atoms with E-state index in [2.05, 4.69) is 23.1 Å². The van der Waals surface area contributed by atoms with Crippen LogP contribution in [0.3, 0.4) is 0 Å². The fraction of sp³-hybridized carbons (Fsp3) is 0.536. The highest BCUT2D eigenvalue weighted by molar-refractivity contribution is 5.76. The van der Waals surface area contributed by atoms with Crippen molar-refractivity contribution < 1.29 is 18.0 Å². The highest BCUT2D eigenvalue weighted by atomic mass is 19.4. The monoisotopic (exact) mass is 487 g/mol. The predicted molar refractivity (Wildman–Crippen MR) is 132 cm³/mol. The van der Waals surface area contributed by atoms with Gasteiger partial charge in [-0.05, 0) is 74.0 Å². The van der Waals surface area contributed by atoms with Gasteiger partial charge < -0.3 is 9.80 Å². The number of aryl methyl sites for hydroxylation is 1. The van der Waals surface area contributed by atoms with E-state index < -0.39 is 11.7 Å². The molecule has 1 heterocycles. The van der Waals surface area contributed by atoms with Crippen LogP contribution < -0.4 is 0 Å². The van der Waals surface area contributed by atoms with E-state index in [4.69, 9.17) is 0 Å². The summed E-state index contributed by atoms with van der Waals surface area (Å²) in [6, 6.07) is 11.9. The predicted octanol–water partition coefficient (Wildman–Crippen LogP) is 5.00. The molecule has 2 aliphatic rings. The Labute approximate surface area is 206 Å². The Bertz CT molecular complexity index is 1020. The molecule has 4 rings (SSSR count). The normalized spacial score (nSPS) is 16.4. The average Bonchev–Trinajstić information content (AvgIpc) is 3.63. The zero-order valence-corrected chi connectivity index (χ0v) is 20.8. The highest BCUT2D eigenvalue weighted by Crippen LogP contribution is 2.33. The lowest BCUT2D eigenvalue weighted by molar-refractivity contribution is -0.140. The number of benzene rings is 2. The van der Waals surface area contributed by atoms with Gasteiger partial charge in [-0.25, -0.2) is 0 Å². The lowest BCUT2D eigenvalue weighted by Crippen LogP contribution is -2.37. The molecule has 0 saturated heterocycles. The van der Waals surface area contributed by atoms with Crippen molar-refractivity contribution in [2.24, 2.45) is 5.92 Å². The quantitative estimate of drug-likeness (QED) is 0.472. The van der Waals surface area contributed by atoms with Gasteiger partial charge >= 0.3 is 6.18 Å². The van der Waals surface area contributed by atoms with E-state index in [0.29, 0.717) is 25.9 Å². The molecule has 190 valence electrons. The molecule has 1 amide bonds. The first-order chi connectivity index (χ1) is 16.7. The number of carbonyl (C=O) groups excluding carboxylic acids is 1. The number of alkyl halides is 3. The van der Waals surface area contributed by atoms with Crippen molar-refractivity contribution >= 4 is 5.91 Å². The number of nitrogens with zero attached hydrogens (tertiary/aromatic N) is 3. The van der Waals surface area contributed by atoms with Crippen LogP contribution in [0.15, 0.2) is 42.5 Å². The lowest BCUT2D eigenvalue weighted by Gasteiger charge is -2.30. The Morgan fingerprint density at radius 1 is 1.03 bits per heavy atom. The molecule has 0 aromatic heterocycles. The van der Waals surface area contributed by atoms with Crippen LogP contribution in [0.4, 0.5) is 13.2 Å². The molecule has 2 aromatic rings. The van der Waals surface area contributed by atoms with Gasteiger partial charge in [-0.2, -0.15) is 13.2 Å². The summed E-state index contributed by atoms with van der Waals surface area (Å²) >= 11 is 0. The van der Waals surface area contributed by atoms with Crippen molar-refractivity contribution in [3.8, 4) is 0 Å². The van der Waals surface area contributed by atoms with Crippen LogP contribution in [0, 0.1) is 5.92 Å². The van der Waals surface area contributed by atoms with Crippen molar-refractivity contribution in [3.63, 3.8) is 0 Å². The molecule has 0 unspecified atom stereocenters. The maximum atomic E-state index is 13.5. The van der Waals surface area contributed by atoms with Crippen molar-refractivity contribution in [1.29, 1.82) is 0 Å². The Balaban J connectivity index is 1.46. The zero-order valence-electron chi connectivity index (χ0n) is 20.8. The number of halogens is 3. The molecule has 1 fully saturated rings. The highest BCUT2D eigenvalue weighted by Gasteiger charge is 2.33. The standard InChI is InChI=1S/C28H36F3N3O/c1-32(2)16-17-34(19-24-6-3-4-9-26(24)28(29,30)31)27(35)13-12-22-7-5-8-23-14-15-33(20-25(22)23)18-21-10-11-21/h3-9,21H,10-20H2,1-2H3. The first-order valence-corrected chi connectivity index (χ1v) is 12.6. The molecule has 1 aliphatic heterocycles. The summed E-state index contributed by atoms with van der Waals surface area (Å²) in [6.45, 7) is 4.12. The van der Waals surface area contributed by atoms with E-state index in [1.165, 1.54) is 41.7 Å². The molecule has 1 aliphatic carbocycles. The third kappa shape index (κ3) is 7.07. The molecule has 0 spiro atoms. The molecule has 0 radical (unpaired) electrons. The Morgan fingerprint density at radius 3 is 2.49 bits per heavy atom. The number of fused-ring (bicyclic) bond motifs is 1. The Hall–Kier alpha value is -2.38. The summed E-state index contributed by atoms with van der Waals surface area (Å²) in [4.78, 5) is 19.4. The maximum Gasteiger partial charge on any atom is 0.416 e. The van der Waals surface area contributed by atoms with Crippen molar-refractivity contribution in [2.45, 2.75) is 51.4 Å². The van der Waals surface area contributed by atoms with Gasteiger partial charge in [-0.3, -0.25) is 9.69 Å². The second-order valence-corrected chi connectivity index (χ2v) is 10.3. The van der Waals surface area contributed by atoms with Gasteiger partial charge in [0.2, 0.25) is 5.91 Å². The second-order valence-electron chi connectivity index (χ2n) is 10.3. The van der Waals surface area contributed by atoms with Crippen molar-refractivity contribution in [1.82, 2.24) is 14.7 Å². The third-order valence-corrected chi connectivity index (χ3v) is 7.12. The Morgan fingerprint density at radius 2 is 1.77 bits per heavy atom. The van der Waals surface area contributed by atoms with Gasteiger partial charge in [0.25, 0.3) is 0 Å². The number of rotatable bonds is 10. The smallest absolute Gasteiger partial charge is 0.337 e. The summed E-state index contributed by atoms with van der Waals surface area (Å²) in [5.74, 6) is 0.738. The van der Waals surface area contributed by atoms with E-state index in [1.54, 1.807) is 11.0 Å². The lowest BCUT2D eigenvalue weighted by atomic mass is 9.92. The van der Waals surface area contributed by atoms with Gasteiger partial charge in [0.15, 0.2) is 0 Å². The van der Waals surface area contributed by atoms with Gasteiger partial charge in [0, 0.05) is 45.7 Å². The summed E-state index contributed by atoms with van der Waals surface area (Å²) in [5.41, 5.74) is 3.37. The first kappa shape index (κ1) is 25.7. The van der Waals surface area contributed by atoms with E-state index >= 15 is 0 Å². The summed E-state index contributed by atoms with van der Waals surface area (Å²) in [7, 11) is 3.80. The second kappa shape index (κ2) is 11.1.